The Morgan fingerprint density at radius 3 is 2.88 bits per heavy atom. The van der Waals surface area contributed by atoms with Crippen molar-refractivity contribution >= 4 is 5.91 Å². The Hall–Kier alpha value is -2.17. The summed E-state index contributed by atoms with van der Waals surface area (Å²) in [6, 6.07) is 8.25. The van der Waals surface area contributed by atoms with Crippen molar-refractivity contribution in [3.63, 3.8) is 0 Å². The summed E-state index contributed by atoms with van der Waals surface area (Å²) in [5.41, 5.74) is 2.31. The van der Waals surface area contributed by atoms with E-state index in [0.29, 0.717) is 6.42 Å². The molecule has 0 bridgehead atoms. The molecule has 5 nitrogen and oxygen atoms in total. The lowest BCUT2D eigenvalue weighted by Gasteiger charge is -2.25. The third-order valence-corrected chi connectivity index (χ3v) is 5.61. The number of aromatic nitrogens is 3. The molecule has 5 heteroatoms. The molecule has 132 valence electrons. The van der Waals surface area contributed by atoms with Crippen LogP contribution in [0.5, 0.6) is 0 Å². The van der Waals surface area contributed by atoms with E-state index < -0.39 is 0 Å². The van der Waals surface area contributed by atoms with Crippen LogP contribution in [0.15, 0.2) is 24.3 Å². The van der Waals surface area contributed by atoms with Crippen LogP contribution < -0.4 is 0 Å². The molecule has 1 aromatic heterocycles. The predicted molar refractivity (Wildman–Crippen MR) is 96.1 cm³/mol. The SMILES string of the molecule is Cc1ccccc1CC(=O)N1CCCC1c1nnc2n1CCCCC2. The molecule has 2 aliphatic rings. The molecule has 1 aromatic carbocycles. The second-order valence-corrected chi connectivity index (χ2v) is 7.29. The molecule has 4 rings (SSSR count). The van der Waals surface area contributed by atoms with Crippen LogP contribution in [0.25, 0.3) is 0 Å². The van der Waals surface area contributed by atoms with E-state index in [1.165, 1.54) is 24.8 Å². The Bertz CT molecular complexity index is 767. The number of rotatable bonds is 3. The maximum absolute atomic E-state index is 13.0. The van der Waals surface area contributed by atoms with E-state index in [0.717, 1.165) is 49.6 Å². The summed E-state index contributed by atoms with van der Waals surface area (Å²) in [7, 11) is 0. The maximum atomic E-state index is 13.0. The number of likely N-dealkylation sites (tertiary alicyclic amines) is 1. The molecular weight excluding hydrogens is 312 g/mol. The average molecular weight is 338 g/mol. The van der Waals surface area contributed by atoms with Crippen LogP contribution in [0.2, 0.25) is 0 Å². The number of hydrogen-bond acceptors (Lipinski definition) is 3. The lowest BCUT2D eigenvalue weighted by Crippen LogP contribution is -2.33. The molecule has 2 aromatic rings. The smallest absolute Gasteiger partial charge is 0.227 e. The van der Waals surface area contributed by atoms with E-state index in [2.05, 4.69) is 33.8 Å². The van der Waals surface area contributed by atoms with Crippen LogP contribution in [-0.4, -0.2) is 32.1 Å². The van der Waals surface area contributed by atoms with Crippen LogP contribution >= 0.6 is 0 Å². The van der Waals surface area contributed by atoms with Gasteiger partial charge in [-0.1, -0.05) is 30.7 Å². The first kappa shape index (κ1) is 16.3. The molecule has 1 amide bonds. The number of carbonyl (C=O) groups excluding carboxylic acids is 1. The second-order valence-electron chi connectivity index (χ2n) is 7.29. The normalized spacial score (nSPS) is 20.4. The van der Waals surface area contributed by atoms with Crippen molar-refractivity contribution in [2.75, 3.05) is 6.54 Å². The van der Waals surface area contributed by atoms with Crippen LogP contribution in [0, 0.1) is 6.92 Å². The molecule has 0 aliphatic carbocycles. The van der Waals surface area contributed by atoms with E-state index >= 15 is 0 Å². The summed E-state index contributed by atoms with van der Waals surface area (Å²) in [5.74, 6) is 2.32. The molecule has 1 unspecified atom stereocenters. The van der Waals surface area contributed by atoms with Crippen LogP contribution in [0.3, 0.4) is 0 Å². The van der Waals surface area contributed by atoms with Gasteiger partial charge < -0.3 is 9.47 Å². The monoisotopic (exact) mass is 338 g/mol. The van der Waals surface area contributed by atoms with Crippen LogP contribution in [0.1, 0.15) is 60.9 Å². The van der Waals surface area contributed by atoms with Gasteiger partial charge in [0, 0.05) is 19.5 Å². The molecule has 2 aliphatic heterocycles. The molecular formula is C20H26N4O. The van der Waals surface area contributed by atoms with E-state index in [-0.39, 0.29) is 11.9 Å². The Morgan fingerprint density at radius 1 is 1.12 bits per heavy atom. The quantitative estimate of drug-likeness (QED) is 0.863. The van der Waals surface area contributed by atoms with Crippen molar-refractivity contribution in [2.24, 2.45) is 0 Å². The van der Waals surface area contributed by atoms with Gasteiger partial charge in [0.25, 0.3) is 0 Å². The van der Waals surface area contributed by atoms with Crippen molar-refractivity contribution in [3.8, 4) is 0 Å². The molecule has 1 fully saturated rings. The number of aryl methyl sites for hydroxylation is 2. The zero-order valence-corrected chi connectivity index (χ0v) is 14.9. The van der Waals surface area contributed by atoms with Gasteiger partial charge >= 0.3 is 0 Å². The zero-order valence-electron chi connectivity index (χ0n) is 14.9. The number of amides is 1. The standard InChI is InChI=1S/C20H26N4O/c1-15-8-4-5-9-16(15)14-19(25)23-13-7-10-17(23)20-22-21-18-11-3-2-6-12-24(18)20/h4-5,8-9,17H,2-3,6-7,10-14H2,1H3. The van der Waals surface area contributed by atoms with Gasteiger partial charge in [-0.2, -0.15) is 0 Å². The minimum atomic E-state index is 0.0934. The third-order valence-electron chi connectivity index (χ3n) is 5.61. The lowest BCUT2D eigenvalue weighted by atomic mass is 10.0. The van der Waals surface area contributed by atoms with Gasteiger partial charge in [-0.15, -0.1) is 10.2 Å². The minimum absolute atomic E-state index is 0.0934. The highest BCUT2D eigenvalue weighted by Gasteiger charge is 2.34. The Kier molecular flexibility index (Phi) is 4.55. The lowest BCUT2D eigenvalue weighted by molar-refractivity contribution is -0.131. The summed E-state index contributed by atoms with van der Waals surface area (Å²) in [6.07, 6.45) is 7.16. The highest BCUT2D eigenvalue weighted by atomic mass is 16.2. The van der Waals surface area contributed by atoms with Gasteiger partial charge in [-0.25, -0.2) is 0 Å². The van der Waals surface area contributed by atoms with Crippen molar-refractivity contribution in [2.45, 2.75) is 64.5 Å². The highest BCUT2D eigenvalue weighted by molar-refractivity contribution is 5.79. The summed E-state index contributed by atoms with van der Waals surface area (Å²) in [5, 5.41) is 8.93. The Morgan fingerprint density at radius 2 is 2.00 bits per heavy atom. The first-order valence-electron chi connectivity index (χ1n) is 9.50. The first-order valence-corrected chi connectivity index (χ1v) is 9.50. The van der Waals surface area contributed by atoms with Gasteiger partial charge in [0.2, 0.25) is 5.91 Å². The van der Waals surface area contributed by atoms with Crippen molar-refractivity contribution in [1.82, 2.24) is 19.7 Å². The van der Waals surface area contributed by atoms with Gasteiger partial charge in [0.05, 0.1) is 12.5 Å². The third kappa shape index (κ3) is 3.20. The summed E-state index contributed by atoms with van der Waals surface area (Å²) in [6.45, 7) is 3.90. The van der Waals surface area contributed by atoms with E-state index in [4.69, 9.17) is 0 Å². The Balaban J connectivity index is 1.56. The largest absolute Gasteiger partial charge is 0.332 e. The molecule has 0 spiro atoms. The molecule has 0 saturated carbocycles. The van der Waals surface area contributed by atoms with E-state index in [1.807, 2.05) is 17.0 Å². The van der Waals surface area contributed by atoms with Gasteiger partial charge in [-0.3, -0.25) is 4.79 Å². The van der Waals surface area contributed by atoms with E-state index in [1.54, 1.807) is 0 Å². The fourth-order valence-electron chi connectivity index (χ4n) is 4.16. The van der Waals surface area contributed by atoms with Crippen molar-refractivity contribution < 1.29 is 4.79 Å². The second kappa shape index (κ2) is 6.98. The van der Waals surface area contributed by atoms with Gasteiger partial charge in [0.15, 0.2) is 5.82 Å². The predicted octanol–water partition coefficient (Wildman–Crippen LogP) is 3.22. The van der Waals surface area contributed by atoms with Crippen molar-refractivity contribution in [1.29, 1.82) is 0 Å². The molecule has 25 heavy (non-hydrogen) atoms. The molecule has 3 heterocycles. The van der Waals surface area contributed by atoms with Gasteiger partial charge in [-0.05, 0) is 43.7 Å². The maximum Gasteiger partial charge on any atom is 0.227 e. The highest BCUT2D eigenvalue weighted by Crippen LogP contribution is 2.33. The van der Waals surface area contributed by atoms with Gasteiger partial charge in [0.1, 0.15) is 5.82 Å². The Labute approximate surface area is 149 Å². The summed E-state index contributed by atoms with van der Waals surface area (Å²) in [4.78, 5) is 15.0. The summed E-state index contributed by atoms with van der Waals surface area (Å²) < 4.78 is 2.29. The summed E-state index contributed by atoms with van der Waals surface area (Å²) >= 11 is 0. The zero-order chi connectivity index (χ0) is 17.2. The van der Waals surface area contributed by atoms with Crippen LogP contribution in [-0.2, 0) is 24.2 Å². The fraction of sp³-hybridized carbons (Fsp3) is 0.550. The number of benzene rings is 1. The number of fused-ring (bicyclic) bond motifs is 1. The first-order chi connectivity index (χ1) is 12.2. The molecule has 1 atom stereocenters. The molecule has 1 saturated heterocycles. The number of hydrogen-bond donors (Lipinski definition) is 0. The number of nitrogens with zero attached hydrogens (tertiary/aromatic N) is 4. The van der Waals surface area contributed by atoms with Crippen molar-refractivity contribution in [3.05, 3.63) is 47.0 Å². The average Bonchev–Trinajstić information content (AvgIpc) is 3.18. The molecule has 0 N–H and O–H groups in total. The van der Waals surface area contributed by atoms with E-state index in [9.17, 15) is 4.79 Å². The fourth-order valence-corrected chi connectivity index (χ4v) is 4.16. The molecule has 0 radical (unpaired) electrons. The minimum Gasteiger partial charge on any atom is -0.332 e. The van der Waals surface area contributed by atoms with Crippen LogP contribution in [0.4, 0.5) is 0 Å². The topological polar surface area (TPSA) is 51.0 Å². The number of carbonyl (C=O) groups is 1.